The molecule has 66 valence electrons. The first-order chi connectivity index (χ1) is 6.97. The summed E-state index contributed by atoms with van der Waals surface area (Å²) in [6.07, 6.45) is 0. The molecule has 0 fully saturated rings. The van der Waals surface area contributed by atoms with Crippen LogP contribution in [0.3, 0.4) is 0 Å². The van der Waals surface area contributed by atoms with Crippen molar-refractivity contribution in [2.45, 2.75) is 0 Å². The van der Waals surface area contributed by atoms with Crippen LogP contribution in [0.4, 0.5) is 0 Å². The summed E-state index contributed by atoms with van der Waals surface area (Å²) in [5.74, 6) is 0. The van der Waals surface area contributed by atoms with Gasteiger partial charge < -0.3 is 0 Å². The van der Waals surface area contributed by atoms with E-state index in [0.29, 0.717) is 0 Å². The zero-order valence-electron chi connectivity index (χ0n) is 7.78. The Morgan fingerprint density at radius 1 is 0.786 bits per heavy atom. The SMILES string of the molecule is [Cl][Zn+].[c-]1ccc(-c2ccccc2)cc1. The Bertz CT molecular complexity index is 308. The van der Waals surface area contributed by atoms with Crippen LogP contribution in [-0.4, -0.2) is 0 Å². The number of benzene rings is 2. The van der Waals surface area contributed by atoms with Gasteiger partial charge in [0.2, 0.25) is 0 Å². The Balaban J connectivity index is 0.000000461. The molecular formula is C12H9ClZn. The quantitative estimate of drug-likeness (QED) is 0.535. The summed E-state index contributed by atoms with van der Waals surface area (Å²) in [6.45, 7) is 0. The molecule has 0 N–H and O–H groups in total. The first kappa shape index (κ1) is 11.4. The molecule has 0 amide bonds. The summed E-state index contributed by atoms with van der Waals surface area (Å²) >= 11 is 0.847. The van der Waals surface area contributed by atoms with Crippen molar-refractivity contribution in [2.24, 2.45) is 0 Å². The summed E-state index contributed by atoms with van der Waals surface area (Å²) in [6, 6.07) is 21.3. The maximum atomic E-state index is 4.76. The molecule has 0 unspecified atom stereocenters. The van der Waals surface area contributed by atoms with Gasteiger partial charge in [0.1, 0.15) is 0 Å². The maximum absolute atomic E-state index is 4.76. The van der Waals surface area contributed by atoms with E-state index >= 15 is 0 Å². The average molecular weight is 254 g/mol. The van der Waals surface area contributed by atoms with Crippen molar-refractivity contribution in [1.29, 1.82) is 0 Å². The molecule has 0 aliphatic heterocycles. The Labute approximate surface area is 98.6 Å². The molecule has 0 aliphatic rings. The van der Waals surface area contributed by atoms with Crippen LogP contribution in [0.25, 0.3) is 11.1 Å². The zero-order valence-corrected chi connectivity index (χ0v) is 11.5. The number of hydrogen-bond donors (Lipinski definition) is 0. The summed E-state index contributed by atoms with van der Waals surface area (Å²) in [7, 11) is 4.76. The van der Waals surface area contributed by atoms with Crippen molar-refractivity contribution in [2.75, 3.05) is 0 Å². The zero-order chi connectivity index (χ0) is 10.2. The number of halogens is 1. The minimum absolute atomic E-state index is 0.847. The maximum Gasteiger partial charge on any atom is -0.0426 e. The van der Waals surface area contributed by atoms with Crippen molar-refractivity contribution in [3.05, 3.63) is 60.7 Å². The van der Waals surface area contributed by atoms with Crippen LogP contribution >= 0.6 is 9.69 Å². The third-order valence-electron chi connectivity index (χ3n) is 1.83. The first-order valence-corrected chi connectivity index (χ1v) is 8.15. The van der Waals surface area contributed by atoms with Crippen LogP contribution in [-0.2, 0) is 17.3 Å². The third-order valence-corrected chi connectivity index (χ3v) is 1.83. The minimum Gasteiger partial charge on any atom is -0.184 e. The second kappa shape index (κ2) is 6.76. The Hall–Kier alpha value is -0.647. The van der Waals surface area contributed by atoms with Crippen molar-refractivity contribution in [3.63, 3.8) is 0 Å². The van der Waals surface area contributed by atoms with E-state index in [9.17, 15) is 0 Å². The van der Waals surface area contributed by atoms with Gasteiger partial charge in [0.05, 0.1) is 0 Å². The van der Waals surface area contributed by atoms with Crippen LogP contribution in [0, 0.1) is 6.07 Å². The second-order valence-corrected chi connectivity index (χ2v) is 2.65. The van der Waals surface area contributed by atoms with Gasteiger partial charge in [-0.25, -0.2) is 0 Å². The molecule has 2 rings (SSSR count). The fourth-order valence-corrected chi connectivity index (χ4v) is 1.21. The van der Waals surface area contributed by atoms with E-state index in [1.165, 1.54) is 11.1 Å². The molecule has 0 bridgehead atoms. The van der Waals surface area contributed by atoms with E-state index in [2.05, 4.69) is 30.3 Å². The molecule has 2 heteroatoms. The molecule has 2 aromatic rings. The Morgan fingerprint density at radius 3 is 1.86 bits per heavy atom. The predicted molar refractivity (Wildman–Crippen MR) is 56.6 cm³/mol. The molecular weight excluding hydrogens is 245 g/mol. The summed E-state index contributed by atoms with van der Waals surface area (Å²) in [5.41, 5.74) is 2.50. The third kappa shape index (κ3) is 3.25. The van der Waals surface area contributed by atoms with E-state index in [0.717, 1.165) is 17.3 Å². The molecule has 0 spiro atoms. The Kier molecular flexibility index (Phi) is 5.51. The Morgan fingerprint density at radius 2 is 1.29 bits per heavy atom. The van der Waals surface area contributed by atoms with Gasteiger partial charge in [0.15, 0.2) is 0 Å². The van der Waals surface area contributed by atoms with Gasteiger partial charge in [0, 0.05) is 0 Å². The van der Waals surface area contributed by atoms with Gasteiger partial charge in [0.25, 0.3) is 0 Å². The fraction of sp³-hybridized carbons (Fsp3) is 0. The van der Waals surface area contributed by atoms with Crippen molar-refractivity contribution in [3.8, 4) is 11.1 Å². The van der Waals surface area contributed by atoms with Crippen molar-refractivity contribution in [1.82, 2.24) is 0 Å². The van der Waals surface area contributed by atoms with E-state index in [1.807, 2.05) is 30.3 Å². The topological polar surface area (TPSA) is 0 Å². The predicted octanol–water partition coefficient (Wildman–Crippen LogP) is 3.84. The summed E-state index contributed by atoms with van der Waals surface area (Å²) in [5, 5.41) is 0. The van der Waals surface area contributed by atoms with Gasteiger partial charge in [-0.15, -0.1) is 5.56 Å². The first-order valence-electron chi connectivity index (χ1n) is 4.25. The van der Waals surface area contributed by atoms with Gasteiger partial charge in [-0.1, -0.05) is 30.3 Å². The molecule has 0 nitrogen and oxygen atoms in total. The molecule has 0 atom stereocenters. The standard InChI is InChI=1S/C12H9.ClH.Zn/c1-3-7-11(8-4-1)12-9-5-2-6-10-12;;/h1,3-10H;1H;/q-1;;+2/p-1. The van der Waals surface area contributed by atoms with E-state index in [4.69, 9.17) is 9.69 Å². The molecule has 2 aromatic carbocycles. The average Bonchev–Trinajstić information content (AvgIpc) is 2.34. The van der Waals surface area contributed by atoms with Crippen LogP contribution in [0.1, 0.15) is 0 Å². The largest absolute Gasteiger partial charge is 0.184 e. The van der Waals surface area contributed by atoms with E-state index < -0.39 is 0 Å². The molecule has 0 aromatic heterocycles. The molecule has 0 saturated heterocycles. The van der Waals surface area contributed by atoms with Gasteiger partial charge in [-0.05, 0) is 5.56 Å². The van der Waals surface area contributed by atoms with Crippen LogP contribution < -0.4 is 0 Å². The van der Waals surface area contributed by atoms with Crippen molar-refractivity contribution >= 4 is 9.69 Å². The van der Waals surface area contributed by atoms with Crippen LogP contribution in [0.2, 0.25) is 0 Å². The number of rotatable bonds is 1. The normalized spacial score (nSPS) is 8.79. The van der Waals surface area contributed by atoms with Gasteiger partial charge in [-0.3, -0.25) is 0 Å². The van der Waals surface area contributed by atoms with E-state index in [1.54, 1.807) is 0 Å². The van der Waals surface area contributed by atoms with E-state index in [-0.39, 0.29) is 0 Å². The second-order valence-electron chi connectivity index (χ2n) is 2.65. The minimum atomic E-state index is 0.847. The van der Waals surface area contributed by atoms with Crippen LogP contribution in [0.15, 0.2) is 54.6 Å². The van der Waals surface area contributed by atoms with Crippen molar-refractivity contribution < 1.29 is 17.3 Å². The number of hydrogen-bond acceptors (Lipinski definition) is 0. The summed E-state index contributed by atoms with van der Waals surface area (Å²) < 4.78 is 0. The van der Waals surface area contributed by atoms with Gasteiger partial charge in [-0.2, -0.15) is 30.3 Å². The summed E-state index contributed by atoms with van der Waals surface area (Å²) in [4.78, 5) is 0. The fourth-order valence-electron chi connectivity index (χ4n) is 1.21. The molecule has 14 heavy (non-hydrogen) atoms. The monoisotopic (exact) mass is 252 g/mol. The molecule has 0 aliphatic carbocycles. The molecule has 0 heterocycles. The van der Waals surface area contributed by atoms with Gasteiger partial charge >= 0.3 is 27.0 Å². The molecule has 0 radical (unpaired) electrons. The molecule has 0 saturated carbocycles. The smallest absolute Gasteiger partial charge is 0.0426 e. The van der Waals surface area contributed by atoms with Crippen LogP contribution in [0.5, 0.6) is 0 Å².